The second kappa shape index (κ2) is 16.0. The summed E-state index contributed by atoms with van der Waals surface area (Å²) in [5, 5.41) is 8.55. The molecule has 0 heterocycles. The van der Waals surface area contributed by atoms with Crippen molar-refractivity contribution >= 4 is 6.29 Å². The van der Waals surface area contributed by atoms with E-state index in [-0.39, 0.29) is 6.61 Å². The van der Waals surface area contributed by atoms with E-state index in [2.05, 4.69) is 46.8 Å². The van der Waals surface area contributed by atoms with E-state index >= 15 is 0 Å². The van der Waals surface area contributed by atoms with Crippen LogP contribution in [0.25, 0.3) is 0 Å². The van der Waals surface area contributed by atoms with Crippen LogP contribution in [0.15, 0.2) is 46.6 Å². The van der Waals surface area contributed by atoms with Crippen molar-refractivity contribution in [3.63, 3.8) is 0 Å². The van der Waals surface area contributed by atoms with Crippen molar-refractivity contribution in [1.82, 2.24) is 0 Å². The molecule has 126 valence electrons. The lowest BCUT2D eigenvalue weighted by molar-refractivity contribution is -0.104. The van der Waals surface area contributed by atoms with Gasteiger partial charge in [0.1, 0.15) is 6.29 Å². The molecule has 0 spiro atoms. The molecule has 0 atom stereocenters. The number of rotatable bonds is 8. The summed E-state index contributed by atoms with van der Waals surface area (Å²) in [5.74, 6) is 0. The number of hydrogen-bond donors (Lipinski definition) is 1. The fraction of sp³-hybridized carbons (Fsp3) is 0.550. The van der Waals surface area contributed by atoms with Gasteiger partial charge in [0.2, 0.25) is 0 Å². The summed E-state index contributed by atoms with van der Waals surface area (Å²) in [6.07, 6.45) is 12.9. The molecule has 2 nitrogen and oxygen atoms in total. The number of aliphatic hydroxyl groups excluding tert-OH is 1. The number of carbonyl (C=O) groups excluding carboxylic acids is 1. The highest BCUT2D eigenvalue weighted by Gasteiger charge is 1.87. The Balaban J connectivity index is 0. The zero-order valence-corrected chi connectivity index (χ0v) is 15.3. The zero-order chi connectivity index (χ0) is 17.4. The van der Waals surface area contributed by atoms with Crippen LogP contribution in [0.4, 0.5) is 0 Å². The zero-order valence-electron chi connectivity index (χ0n) is 15.3. The fourth-order valence-corrected chi connectivity index (χ4v) is 1.63. The summed E-state index contributed by atoms with van der Waals surface area (Å²) in [4.78, 5) is 10.0. The Morgan fingerprint density at radius 1 is 0.773 bits per heavy atom. The lowest BCUT2D eigenvalue weighted by atomic mass is 10.1. The van der Waals surface area contributed by atoms with E-state index in [4.69, 9.17) is 5.11 Å². The lowest BCUT2D eigenvalue weighted by Crippen LogP contribution is -1.80. The lowest BCUT2D eigenvalue weighted by Gasteiger charge is -1.96. The monoisotopic (exact) mass is 306 g/mol. The third-order valence-corrected chi connectivity index (χ3v) is 2.97. The Hall–Kier alpha value is -1.41. The first-order valence-electron chi connectivity index (χ1n) is 7.97. The van der Waals surface area contributed by atoms with Crippen LogP contribution >= 0.6 is 0 Å². The SMILES string of the molecule is CC(C)=CCC/C(C)=C/C=O.CC(C)=CCC/C(C)=C/CO. The van der Waals surface area contributed by atoms with Crippen molar-refractivity contribution in [1.29, 1.82) is 0 Å². The summed E-state index contributed by atoms with van der Waals surface area (Å²) in [7, 11) is 0. The van der Waals surface area contributed by atoms with E-state index < -0.39 is 0 Å². The van der Waals surface area contributed by atoms with Gasteiger partial charge in [-0.3, -0.25) is 4.79 Å². The molecule has 0 saturated carbocycles. The Kier molecular flexibility index (Phi) is 16.6. The normalized spacial score (nSPS) is 11.2. The van der Waals surface area contributed by atoms with Crippen molar-refractivity contribution in [3.05, 3.63) is 46.6 Å². The van der Waals surface area contributed by atoms with Gasteiger partial charge in [-0.05, 0) is 73.3 Å². The Morgan fingerprint density at radius 2 is 1.23 bits per heavy atom. The number of hydrogen-bond acceptors (Lipinski definition) is 2. The van der Waals surface area contributed by atoms with E-state index in [9.17, 15) is 4.79 Å². The Labute approximate surface area is 137 Å². The van der Waals surface area contributed by atoms with Crippen molar-refractivity contribution in [3.8, 4) is 0 Å². The molecule has 0 aromatic heterocycles. The summed E-state index contributed by atoms with van der Waals surface area (Å²) < 4.78 is 0. The van der Waals surface area contributed by atoms with Crippen LogP contribution in [0.1, 0.15) is 67.2 Å². The number of aldehydes is 1. The van der Waals surface area contributed by atoms with Gasteiger partial charge in [0.05, 0.1) is 6.61 Å². The Bertz CT molecular complexity index is 401. The van der Waals surface area contributed by atoms with Crippen LogP contribution in [-0.2, 0) is 4.79 Å². The second-order valence-electron chi connectivity index (χ2n) is 6.02. The standard InChI is InChI=1S/C10H18O.C10H16O/c2*1-9(2)5-4-6-10(3)7-8-11/h5,7,11H,4,6,8H2,1-3H3;5,7-8H,4,6H2,1-3H3/b2*10-7+. The van der Waals surface area contributed by atoms with Crippen molar-refractivity contribution in [2.45, 2.75) is 67.2 Å². The molecule has 0 aliphatic carbocycles. The number of carbonyl (C=O) groups is 1. The quantitative estimate of drug-likeness (QED) is 0.362. The molecule has 0 radical (unpaired) electrons. The van der Waals surface area contributed by atoms with Crippen molar-refractivity contribution in [2.24, 2.45) is 0 Å². The molecular weight excluding hydrogens is 272 g/mol. The van der Waals surface area contributed by atoms with Gasteiger partial charge >= 0.3 is 0 Å². The van der Waals surface area contributed by atoms with Gasteiger partial charge in [-0.25, -0.2) is 0 Å². The minimum atomic E-state index is 0.167. The van der Waals surface area contributed by atoms with Gasteiger partial charge < -0.3 is 5.11 Å². The van der Waals surface area contributed by atoms with E-state index in [0.29, 0.717) is 0 Å². The summed E-state index contributed by atoms with van der Waals surface area (Å²) in [6, 6.07) is 0. The highest BCUT2D eigenvalue weighted by molar-refractivity contribution is 5.65. The molecule has 0 aliphatic rings. The molecule has 0 unspecified atom stereocenters. The number of aliphatic hydroxyl groups is 1. The molecule has 0 saturated heterocycles. The van der Waals surface area contributed by atoms with Gasteiger partial charge in [-0.1, -0.05) is 40.5 Å². The number of allylic oxidation sites excluding steroid dienone is 7. The average Bonchev–Trinajstić information content (AvgIpc) is 2.39. The van der Waals surface area contributed by atoms with E-state index in [1.54, 1.807) is 6.08 Å². The molecule has 0 aromatic rings. The second-order valence-corrected chi connectivity index (χ2v) is 6.02. The molecule has 1 N–H and O–H groups in total. The summed E-state index contributed by atoms with van der Waals surface area (Å²) >= 11 is 0. The van der Waals surface area contributed by atoms with Crippen LogP contribution in [-0.4, -0.2) is 18.0 Å². The molecule has 0 aliphatic heterocycles. The molecule has 2 heteroatoms. The topological polar surface area (TPSA) is 37.3 Å². The maximum Gasteiger partial charge on any atom is 0.142 e. The predicted molar refractivity (Wildman–Crippen MR) is 98.0 cm³/mol. The highest BCUT2D eigenvalue weighted by atomic mass is 16.2. The van der Waals surface area contributed by atoms with E-state index in [1.807, 2.05) is 13.0 Å². The van der Waals surface area contributed by atoms with Gasteiger partial charge in [0.25, 0.3) is 0 Å². The first kappa shape index (κ1) is 22.9. The van der Waals surface area contributed by atoms with Gasteiger partial charge in [0, 0.05) is 0 Å². The molecule has 0 aromatic carbocycles. The van der Waals surface area contributed by atoms with Gasteiger partial charge in [-0.15, -0.1) is 0 Å². The summed E-state index contributed by atoms with van der Waals surface area (Å²) in [5.41, 5.74) is 5.12. The molecule has 0 fully saturated rings. The molecule has 0 bridgehead atoms. The predicted octanol–water partition coefficient (Wildman–Crippen LogP) is 5.55. The third kappa shape index (κ3) is 20.9. The minimum absolute atomic E-state index is 0.167. The smallest absolute Gasteiger partial charge is 0.142 e. The summed E-state index contributed by atoms with van der Waals surface area (Å²) in [6.45, 7) is 12.6. The third-order valence-electron chi connectivity index (χ3n) is 2.97. The molecule has 0 rings (SSSR count). The Morgan fingerprint density at radius 3 is 1.59 bits per heavy atom. The van der Waals surface area contributed by atoms with Crippen molar-refractivity contribution < 1.29 is 9.90 Å². The van der Waals surface area contributed by atoms with E-state index in [0.717, 1.165) is 37.5 Å². The average molecular weight is 306 g/mol. The highest BCUT2D eigenvalue weighted by Crippen LogP contribution is 2.06. The minimum Gasteiger partial charge on any atom is -0.392 e. The molecule has 22 heavy (non-hydrogen) atoms. The first-order valence-corrected chi connectivity index (χ1v) is 7.97. The van der Waals surface area contributed by atoms with Gasteiger partial charge in [0.15, 0.2) is 0 Å². The van der Waals surface area contributed by atoms with Crippen LogP contribution in [0.5, 0.6) is 0 Å². The maximum absolute atomic E-state index is 10.0. The van der Waals surface area contributed by atoms with E-state index in [1.165, 1.54) is 16.7 Å². The largest absolute Gasteiger partial charge is 0.392 e. The van der Waals surface area contributed by atoms with Gasteiger partial charge in [-0.2, -0.15) is 0 Å². The van der Waals surface area contributed by atoms with Crippen LogP contribution in [0.2, 0.25) is 0 Å². The van der Waals surface area contributed by atoms with Crippen LogP contribution < -0.4 is 0 Å². The van der Waals surface area contributed by atoms with Crippen LogP contribution in [0.3, 0.4) is 0 Å². The van der Waals surface area contributed by atoms with Crippen LogP contribution in [0, 0.1) is 0 Å². The molecular formula is C20H34O2. The first-order chi connectivity index (χ1) is 10.3. The van der Waals surface area contributed by atoms with Crippen molar-refractivity contribution in [2.75, 3.05) is 6.61 Å². The maximum atomic E-state index is 10.0. The molecule has 0 amide bonds. The fourth-order valence-electron chi connectivity index (χ4n) is 1.63.